The maximum atomic E-state index is 13.6. The van der Waals surface area contributed by atoms with Crippen LogP contribution in [0.15, 0.2) is 36.7 Å². The van der Waals surface area contributed by atoms with Gasteiger partial charge in [0.15, 0.2) is 5.69 Å². The van der Waals surface area contributed by atoms with E-state index in [0.717, 1.165) is 17.1 Å². The molecule has 2 heterocycles. The van der Waals surface area contributed by atoms with Crippen molar-refractivity contribution >= 4 is 11.6 Å². The van der Waals surface area contributed by atoms with Crippen LogP contribution >= 0.6 is 0 Å². The minimum Gasteiger partial charge on any atom is -0.319 e. The van der Waals surface area contributed by atoms with E-state index in [9.17, 15) is 26.7 Å². The average Bonchev–Trinajstić information content (AvgIpc) is 3.18. The van der Waals surface area contributed by atoms with Crippen LogP contribution in [0.25, 0.3) is 5.69 Å². The third kappa shape index (κ3) is 3.73. The zero-order valence-electron chi connectivity index (χ0n) is 14.6. The number of carbonyl (C=O) groups is 1. The predicted molar refractivity (Wildman–Crippen MR) is 89.4 cm³/mol. The van der Waals surface area contributed by atoms with Gasteiger partial charge in [0.2, 0.25) is 0 Å². The molecule has 0 spiro atoms. The topological polar surface area (TPSA) is 64.7 Å². The van der Waals surface area contributed by atoms with E-state index in [1.54, 1.807) is 19.1 Å². The summed E-state index contributed by atoms with van der Waals surface area (Å²) < 4.78 is 68.6. The van der Waals surface area contributed by atoms with E-state index in [0.29, 0.717) is 10.2 Å². The fraction of sp³-hybridized carbons (Fsp3) is 0.235. The fourth-order valence-corrected chi connectivity index (χ4v) is 2.70. The largest absolute Gasteiger partial charge is 0.435 e. The van der Waals surface area contributed by atoms with Crippen LogP contribution < -0.4 is 5.32 Å². The monoisotopic (exact) mass is 399 g/mol. The minimum absolute atomic E-state index is 0.141. The number of amides is 1. The van der Waals surface area contributed by atoms with Gasteiger partial charge in [-0.25, -0.2) is 13.5 Å². The molecule has 6 nitrogen and oxygen atoms in total. The average molecular weight is 399 g/mol. The number of halogens is 5. The number of aromatic nitrogens is 4. The van der Waals surface area contributed by atoms with Gasteiger partial charge in [-0.05, 0) is 24.6 Å². The Balaban J connectivity index is 2.03. The van der Waals surface area contributed by atoms with Crippen molar-refractivity contribution in [3.63, 3.8) is 0 Å². The molecule has 0 bridgehead atoms. The molecular weight excluding hydrogens is 385 g/mol. The highest BCUT2D eigenvalue weighted by Gasteiger charge is 2.39. The highest BCUT2D eigenvalue weighted by Crippen LogP contribution is 2.36. The summed E-state index contributed by atoms with van der Waals surface area (Å²) in [5.74, 6) is -1.14. The van der Waals surface area contributed by atoms with Crippen molar-refractivity contribution in [3.05, 3.63) is 59.2 Å². The first-order chi connectivity index (χ1) is 13.1. The van der Waals surface area contributed by atoms with Crippen molar-refractivity contribution in [1.29, 1.82) is 0 Å². The molecule has 11 heteroatoms. The second kappa shape index (κ2) is 7.06. The van der Waals surface area contributed by atoms with E-state index in [-0.39, 0.29) is 5.69 Å². The second-order valence-corrected chi connectivity index (χ2v) is 6.01. The molecule has 3 aromatic rings. The van der Waals surface area contributed by atoms with Crippen LogP contribution in [0.3, 0.4) is 0 Å². The molecule has 3 rings (SSSR count). The Labute approximate surface area is 155 Å². The molecule has 2 aromatic heterocycles. The normalized spacial score (nSPS) is 11.9. The summed E-state index contributed by atoms with van der Waals surface area (Å²) in [6, 6.07) is 6.19. The van der Waals surface area contributed by atoms with Gasteiger partial charge < -0.3 is 5.32 Å². The lowest BCUT2D eigenvalue weighted by Gasteiger charge is -2.13. The molecule has 0 aliphatic carbocycles. The summed E-state index contributed by atoms with van der Waals surface area (Å²) in [5.41, 5.74) is -2.36. The highest BCUT2D eigenvalue weighted by atomic mass is 19.4. The number of anilines is 1. The quantitative estimate of drug-likeness (QED) is 0.672. The number of benzene rings is 1. The number of carbonyl (C=O) groups excluding carboxylic acids is 1. The molecule has 0 saturated carbocycles. The Hall–Kier alpha value is -3.24. The van der Waals surface area contributed by atoms with Crippen LogP contribution in [0.5, 0.6) is 0 Å². The van der Waals surface area contributed by atoms with Gasteiger partial charge in [0.05, 0.1) is 23.1 Å². The third-order valence-electron chi connectivity index (χ3n) is 3.84. The van der Waals surface area contributed by atoms with E-state index < -0.39 is 41.1 Å². The van der Waals surface area contributed by atoms with Crippen molar-refractivity contribution in [2.24, 2.45) is 7.05 Å². The molecule has 0 aliphatic heterocycles. The third-order valence-corrected chi connectivity index (χ3v) is 3.84. The molecule has 0 fully saturated rings. The van der Waals surface area contributed by atoms with Crippen molar-refractivity contribution < 1.29 is 26.7 Å². The van der Waals surface area contributed by atoms with Crippen LogP contribution in [0.1, 0.15) is 33.7 Å². The summed E-state index contributed by atoms with van der Waals surface area (Å²) in [4.78, 5) is 12.3. The van der Waals surface area contributed by atoms with Gasteiger partial charge in [-0.15, -0.1) is 0 Å². The maximum absolute atomic E-state index is 13.6. The SMILES string of the molecule is Cc1cccc(-n2ncc(NC(=O)c3cn(C)nc3C(F)F)c2C(F)(F)F)c1. The molecule has 28 heavy (non-hydrogen) atoms. The van der Waals surface area contributed by atoms with E-state index in [1.165, 1.54) is 19.2 Å². The molecular formula is C17H14F5N5O. The van der Waals surface area contributed by atoms with Crippen molar-refractivity contribution in [2.45, 2.75) is 19.5 Å². The maximum Gasteiger partial charge on any atom is 0.435 e. The van der Waals surface area contributed by atoms with Gasteiger partial charge in [-0.3, -0.25) is 9.48 Å². The summed E-state index contributed by atoms with van der Waals surface area (Å²) in [6.45, 7) is 1.71. The fourth-order valence-electron chi connectivity index (χ4n) is 2.70. The van der Waals surface area contributed by atoms with E-state index >= 15 is 0 Å². The lowest BCUT2D eigenvalue weighted by molar-refractivity contribution is -0.142. The number of nitrogens with one attached hydrogen (secondary N) is 1. The summed E-state index contributed by atoms with van der Waals surface area (Å²) in [6.07, 6.45) is -6.08. The van der Waals surface area contributed by atoms with E-state index in [2.05, 4.69) is 10.2 Å². The lowest BCUT2D eigenvalue weighted by atomic mass is 10.2. The Morgan fingerprint density at radius 3 is 2.57 bits per heavy atom. The summed E-state index contributed by atoms with van der Waals surface area (Å²) in [5, 5.41) is 9.20. The number of hydrogen-bond acceptors (Lipinski definition) is 3. The summed E-state index contributed by atoms with van der Waals surface area (Å²) >= 11 is 0. The van der Waals surface area contributed by atoms with Crippen LogP contribution in [-0.2, 0) is 13.2 Å². The van der Waals surface area contributed by atoms with Crippen LogP contribution in [0.2, 0.25) is 0 Å². The van der Waals surface area contributed by atoms with Gasteiger partial charge in [0.25, 0.3) is 12.3 Å². The van der Waals surface area contributed by atoms with Gasteiger partial charge >= 0.3 is 6.18 Å². The lowest BCUT2D eigenvalue weighted by Crippen LogP contribution is -2.19. The Morgan fingerprint density at radius 2 is 1.96 bits per heavy atom. The molecule has 0 unspecified atom stereocenters. The second-order valence-electron chi connectivity index (χ2n) is 6.01. The highest BCUT2D eigenvalue weighted by molar-refractivity contribution is 6.05. The first kappa shape index (κ1) is 19.5. The molecule has 0 atom stereocenters. The molecule has 1 amide bonds. The number of nitrogens with zero attached hydrogens (tertiary/aromatic N) is 4. The van der Waals surface area contributed by atoms with Crippen molar-refractivity contribution in [3.8, 4) is 5.69 Å². The molecule has 1 aromatic carbocycles. The van der Waals surface area contributed by atoms with Crippen molar-refractivity contribution in [1.82, 2.24) is 19.6 Å². The van der Waals surface area contributed by atoms with E-state index in [1.807, 2.05) is 5.32 Å². The number of alkyl halides is 5. The Morgan fingerprint density at radius 1 is 1.25 bits per heavy atom. The van der Waals surface area contributed by atoms with Crippen LogP contribution in [0, 0.1) is 6.92 Å². The first-order valence-electron chi connectivity index (χ1n) is 7.93. The summed E-state index contributed by atoms with van der Waals surface area (Å²) in [7, 11) is 1.32. The molecule has 1 N–H and O–H groups in total. The Bertz CT molecular complexity index is 1020. The molecule has 0 radical (unpaired) electrons. The van der Waals surface area contributed by atoms with Gasteiger partial charge in [0, 0.05) is 13.2 Å². The standard InChI is InChI=1S/C17H14F5N5O/c1-9-4-3-5-10(6-9)27-14(17(20,21)22)12(7-23-27)24-16(28)11-8-26(2)25-13(11)15(18)19/h3-8,15H,1-2H3,(H,24,28). The molecule has 0 aliphatic rings. The van der Waals surface area contributed by atoms with Crippen LogP contribution in [0.4, 0.5) is 27.6 Å². The zero-order chi connectivity index (χ0) is 20.6. The molecule has 148 valence electrons. The van der Waals surface area contributed by atoms with Gasteiger partial charge in [-0.2, -0.15) is 23.4 Å². The predicted octanol–water partition coefficient (Wildman–Crippen LogP) is 4.12. The molecule has 0 saturated heterocycles. The van der Waals surface area contributed by atoms with Gasteiger partial charge in [0.1, 0.15) is 5.69 Å². The van der Waals surface area contributed by atoms with Gasteiger partial charge in [-0.1, -0.05) is 12.1 Å². The number of hydrogen-bond donors (Lipinski definition) is 1. The van der Waals surface area contributed by atoms with Crippen LogP contribution in [-0.4, -0.2) is 25.5 Å². The number of aryl methyl sites for hydroxylation is 2. The first-order valence-corrected chi connectivity index (χ1v) is 7.93. The van der Waals surface area contributed by atoms with Crippen molar-refractivity contribution in [2.75, 3.05) is 5.32 Å². The zero-order valence-corrected chi connectivity index (χ0v) is 14.6. The van der Waals surface area contributed by atoms with E-state index in [4.69, 9.17) is 0 Å². The Kier molecular flexibility index (Phi) is 4.92. The number of rotatable bonds is 4. The smallest absolute Gasteiger partial charge is 0.319 e. The minimum atomic E-state index is -4.86.